The Balaban J connectivity index is 2.12. The summed E-state index contributed by atoms with van der Waals surface area (Å²) >= 11 is 0. The Morgan fingerprint density at radius 2 is 1.80 bits per heavy atom. The molecule has 0 heterocycles. The van der Waals surface area contributed by atoms with E-state index >= 15 is 0 Å². The van der Waals surface area contributed by atoms with Crippen LogP contribution in [0, 0.1) is 5.92 Å². The van der Waals surface area contributed by atoms with Gasteiger partial charge in [0.1, 0.15) is 0 Å². The van der Waals surface area contributed by atoms with Crippen LogP contribution in [0.2, 0.25) is 0 Å². The third-order valence-corrected chi connectivity index (χ3v) is 2.76. The van der Waals surface area contributed by atoms with Crippen LogP contribution in [-0.2, 0) is 0 Å². The van der Waals surface area contributed by atoms with Crippen LogP contribution in [0.4, 0.5) is 0 Å². The van der Waals surface area contributed by atoms with Crippen LogP contribution in [-0.4, -0.2) is 18.5 Å². The molecular weight excluding hydrogens is 190 g/mol. The molecule has 1 saturated carbocycles. The number of hydrogen-bond acceptors (Lipinski definition) is 1. The van der Waals surface area contributed by atoms with E-state index in [1.165, 1.54) is 32.1 Å². The Bertz CT molecular complexity index is 236. The van der Waals surface area contributed by atoms with Crippen molar-refractivity contribution < 1.29 is 0 Å². The Labute approximate surface area is 90.8 Å². The van der Waals surface area contributed by atoms with Crippen molar-refractivity contribution >= 4 is 11.9 Å². The molecule has 0 aliphatic heterocycles. The number of nitrogens with two attached hydrogens (primary N) is 3. The first-order chi connectivity index (χ1) is 7.18. The smallest absolute Gasteiger partial charge is 0.218 e. The number of guanidine groups is 2. The van der Waals surface area contributed by atoms with Gasteiger partial charge in [0.2, 0.25) is 5.96 Å². The molecule has 0 spiro atoms. The van der Waals surface area contributed by atoms with E-state index < -0.39 is 0 Å². The molecule has 5 heteroatoms. The first kappa shape index (κ1) is 11.8. The van der Waals surface area contributed by atoms with Crippen molar-refractivity contribution in [1.82, 2.24) is 0 Å². The molecular formula is C10H21N5. The predicted octanol–water partition coefficient (Wildman–Crippen LogP) is 0.545. The highest BCUT2D eigenvalue weighted by atomic mass is 15.1. The molecule has 0 amide bonds. The van der Waals surface area contributed by atoms with E-state index in [0.29, 0.717) is 0 Å². The summed E-state index contributed by atoms with van der Waals surface area (Å²) in [5.41, 5.74) is 15.8. The first-order valence-electron chi connectivity index (χ1n) is 5.58. The lowest BCUT2D eigenvalue weighted by Crippen LogP contribution is -2.26. The van der Waals surface area contributed by atoms with Gasteiger partial charge in [-0.25, -0.2) is 0 Å². The van der Waals surface area contributed by atoms with Gasteiger partial charge in [-0.05, 0) is 18.8 Å². The molecule has 0 unspecified atom stereocenters. The third-order valence-electron chi connectivity index (χ3n) is 2.76. The maximum absolute atomic E-state index is 5.47. The van der Waals surface area contributed by atoms with Crippen molar-refractivity contribution in [3.63, 3.8) is 0 Å². The summed E-state index contributed by atoms with van der Waals surface area (Å²) in [6, 6.07) is 0. The zero-order valence-corrected chi connectivity index (χ0v) is 9.15. The van der Waals surface area contributed by atoms with E-state index in [4.69, 9.17) is 17.2 Å². The molecule has 1 rings (SSSR count). The van der Waals surface area contributed by atoms with Crippen LogP contribution >= 0.6 is 0 Å². The van der Waals surface area contributed by atoms with Crippen LogP contribution in [0.3, 0.4) is 0 Å². The highest BCUT2D eigenvalue weighted by Gasteiger charge is 2.13. The molecule has 0 radical (unpaired) electrons. The van der Waals surface area contributed by atoms with Crippen molar-refractivity contribution in [2.45, 2.75) is 38.5 Å². The normalized spacial score (nSPS) is 18.0. The molecule has 0 aromatic heterocycles. The van der Waals surface area contributed by atoms with E-state index in [-0.39, 0.29) is 11.9 Å². The van der Waals surface area contributed by atoms with Crippen molar-refractivity contribution in [3.05, 3.63) is 0 Å². The lowest BCUT2D eigenvalue weighted by atomic mass is 10.0. The van der Waals surface area contributed by atoms with Crippen molar-refractivity contribution in [1.29, 1.82) is 0 Å². The molecule has 0 aromatic rings. The van der Waals surface area contributed by atoms with Gasteiger partial charge in [0.15, 0.2) is 5.96 Å². The molecule has 86 valence electrons. The summed E-state index contributed by atoms with van der Waals surface area (Å²) in [5, 5.41) is 0. The SMILES string of the molecule is NC(N)=NC(N)=NCCCC1CCCC1. The quantitative estimate of drug-likeness (QED) is 0.359. The monoisotopic (exact) mass is 211 g/mol. The fraction of sp³-hybridized carbons (Fsp3) is 0.800. The molecule has 0 atom stereocenters. The van der Waals surface area contributed by atoms with Crippen molar-refractivity contribution in [2.75, 3.05) is 6.54 Å². The molecule has 5 nitrogen and oxygen atoms in total. The molecule has 0 saturated heterocycles. The minimum Gasteiger partial charge on any atom is -0.370 e. The number of hydrogen-bond donors (Lipinski definition) is 3. The van der Waals surface area contributed by atoms with Gasteiger partial charge in [0.25, 0.3) is 0 Å². The summed E-state index contributed by atoms with van der Waals surface area (Å²) in [6.45, 7) is 0.721. The number of nitrogens with zero attached hydrogens (tertiary/aromatic N) is 2. The van der Waals surface area contributed by atoms with Gasteiger partial charge in [0.05, 0.1) is 0 Å². The van der Waals surface area contributed by atoms with Crippen LogP contribution in [0.5, 0.6) is 0 Å². The standard InChI is InChI=1S/C10H21N5/c11-9(12)15-10(13)14-7-3-6-8-4-1-2-5-8/h8H,1-7H2,(H6,11,12,13,14,15). The lowest BCUT2D eigenvalue weighted by molar-refractivity contribution is 0.488. The third kappa shape index (κ3) is 5.24. The van der Waals surface area contributed by atoms with Crippen LogP contribution < -0.4 is 17.2 Å². The highest BCUT2D eigenvalue weighted by Crippen LogP contribution is 2.28. The molecule has 6 N–H and O–H groups in total. The average molecular weight is 211 g/mol. The minimum atomic E-state index is -0.0351. The second-order valence-electron chi connectivity index (χ2n) is 4.07. The molecule has 0 aromatic carbocycles. The summed E-state index contributed by atoms with van der Waals surface area (Å²) < 4.78 is 0. The summed E-state index contributed by atoms with van der Waals surface area (Å²) in [6.07, 6.45) is 7.87. The fourth-order valence-electron chi connectivity index (χ4n) is 2.04. The molecule has 1 aliphatic carbocycles. The van der Waals surface area contributed by atoms with E-state index in [0.717, 1.165) is 18.9 Å². The van der Waals surface area contributed by atoms with Gasteiger partial charge in [0, 0.05) is 6.54 Å². The van der Waals surface area contributed by atoms with E-state index in [1.807, 2.05) is 0 Å². The molecule has 0 bridgehead atoms. The van der Waals surface area contributed by atoms with Crippen LogP contribution in [0.25, 0.3) is 0 Å². The van der Waals surface area contributed by atoms with E-state index in [2.05, 4.69) is 9.98 Å². The van der Waals surface area contributed by atoms with Gasteiger partial charge in [-0.2, -0.15) is 4.99 Å². The molecule has 1 fully saturated rings. The van der Waals surface area contributed by atoms with Gasteiger partial charge in [-0.3, -0.25) is 4.99 Å². The van der Waals surface area contributed by atoms with E-state index in [1.54, 1.807) is 0 Å². The summed E-state index contributed by atoms with van der Waals surface area (Å²) in [7, 11) is 0. The van der Waals surface area contributed by atoms with Gasteiger partial charge in [-0.15, -0.1) is 0 Å². The predicted molar refractivity (Wildman–Crippen MR) is 63.5 cm³/mol. The lowest BCUT2D eigenvalue weighted by Gasteiger charge is -2.06. The van der Waals surface area contributed by atoms with Crippen LogP contribution in [0.1, 0.15) is 38.5 Å². The second kappa shape index (κ2) is 6.27. The first-order valence-corrected chi connectivity index (χ1v) is 5.58. The van der Waals surface area contributed by atoms with Crippen molar-refractivity contribution in [2.24, 2.45) is 33.1 Å². The van der Waals surface area contributed by atoms with Gasteiger partial charge in [-0.1, -0.05) is 25.7 Å². The van der Waals surface area contributed by atoms with Gasteiger partial charge < -0.3 is 17.2 Å². The number of rotatable bonds is 4. The molecule has 1 aliphatic rings. The Morgan fingerprint density at radius 3 is 2.40 bits per heavy atom. The fourth-order valence-corrected chi connectivity index (χ4v) is 2.04. The Morgan fingerprint density at radius 1 is 1.13 bits per heavy atom. The van der Waals surface area contributed by atoms with Gasteiger partial charge >= 0.3 is 0 Å². The summed E-state index contributed by atoms with van der Waals surface area (Å²) in [5.74, 6) is 1.05. The summed E-state index contributed by atoms with van der Waals surface area (Å²) in [4.78, 5) is 7.72. The Kier molecular flexibility index (Phi) is 4.93. The number of aliphatic imine (C=N–C) groups is 2. The topological polar surface area (TPSA) is 103 Å². The zero-order chi connectivity index (χ0) is 11.1. The minimum absolute atomic E-state index is 0.0351. The zero-order valence-electron chi connectivity index (χ0n) is 9.15. The van der Waals surface area contributed by atoms with E-state index in [9.17, 15) is 0 Å². The Hall–Kier alpha value is -1.26. The van der Waals surface area contributed by atoms with Crippen LogP contribution in [0.15, 0.2) is 9.98 Å². The largest absolute Gasteiger partial charge is 0.370 e. The maximum atomic E-state index is 5.47. The maximum Gasteiger partial charge on any atom is 0.218 e. The molecule has 15 heavy (non-hydrogen) atoms. The second-order valence-corrected chi connectivity index (χ2v) is 4.07. The average Bonchev–Trinajstić information content (AvgIpc) is 2.63. The van der Waals surface area contributed by atoms with Crippen molar-refractivity contribution in [3.8, 4) is 0 Å². The highest BCUT2D eigenvalue weighted by molar-refractivity contribution is 5.92.